The molecule has 0 unspecified atom stereocenters. The van der Waals surface area contributed by atoms with Crippen molar-refractivity contribution in [3.63, 3.8) is 0 Å². The molecule has 2 heterocycles. The molecule has 1 aliphatic heterocycles. The van der Waals surface area contributed by atoms with Crippen LogP contribution in [0.3, 0.4) is 0 Å². The van der Waals surface area contributed by atoms with Gasteiger partial charge >= 0.3 is 5.69 Å². The predicted octanol–water partition coefficient (Wildman–Crippen LogP) is 1.84. The lowest BCUT2D eigenvalue weighted by Crippen LogP contribution is -2.38. The molecule has 160 valence electrons. The number of nitrogens with zero attached hydrogens (tertiary/aromatic N) is 4. The van der Waals surface area contributed by atoms with Crippen LogP contribution in [-0.4, -0.2) is 53.9 Å². The Bertz CT molecular complexity index is 971. The van der Waals surface area contributed by atoms with Crippen LogP contribution in [0.15, 0.2) is 34.0 Å². The van der Waals surface area contributed by atoms with E-state index in [9.17, 15) is 13.2 Å². The highest BCUT2D eigenvalue weighted by Gasteiger charge is 2.32. The molecule has 1 aromatic heterocycles. The third-order valence-corrected chi connectivity index (χ3v) is 7.48. The van der Waals surface area contributed by atoms with Gasteiger partial charge in [-0.3, -0.25) is 4.57 Å². The fourth-order valence-electron chi connectivity index (χ4n) is 3.78. The van der Waals surface area contributed by atoms with E-state index in [1.165, 1.54) is 4.68 Å². The molecule has 0 saturated carbocycles. The molecule has 1 aromatic carbocycles. The van der Waals surface area contributed by atoms with Crippen molar-refractivity contribution >= 4 is 10.0 Å². The van der Waals surface area contributed by atoms with Gasteiger partial charge in [0.15, 0.2) is 0 Å². The van der Waals surface area contributed by atoms with Crippen LogP contribution in [0.4, 0.5) is 0 Å². The number of rotatable bonds is 8. The van der Waals surface area contributed by atoms with E-state index in [0.29, 0.717) is 50.5 Å². The zero-order valence-electron chi connectivity index (χ0n) is 17.4. The van der Waals surface area contributed by atoms with Crippen molar-refractivity contribution in [2.45, 2.75) is 57.0 Å². The summed E-state index contributed by atoms with van der Waals surface area (Å²) in [5.41, 5.74) is 0.981. The van der Waals surface area contributed by atoms with Gasteiger partial charge in [-0.25, -0.2) is 17.9 Å². The second-order valence-electron chi connectivity index (χ2n) is 7.28. The molecule has 0 atom stereocenters. The Balaban J connectivity index is 1.74. The number of ether oxygens (including phenoxy) is 1. The summed E-state index contributed by atoms with van der Waals surface area (Å²) in [7, 11) is -1.91. The van der Waals surface area contributed by atoms with Crippen LogP contribution >= 0.6 is 0 Å². The first kappa shape index (κ1) is 21.7. The van der Waals surface area contributed by atoms with E-state index in [1.807, 2.05) is 26.0 Å². The summed E-state index contributed by atoms with van der Waals surface area (Å²) >= 11 is 0. The molecular weight excluding hydrogens is 392 g/mol. The Morgan fingerprint density at radius 3 is 2.34 bits per heavy atom. The molecule has 1 fully saturated rings. The molecule has 1 aliphatic rings. The minimum Gasteiger partial charge on any atom is -0.383 e. The van der Waals surface area contributed by atoms with Crippen molar-refractivity contribution in [1.82, 2.24) is 18.7 Å². The zero-order chi connectivity index (χ0) is 21.0. The van der Waals surface area contributed by atoms with Gasteiger partial charge in [-0.2, -0.15) is 9.40 Å². The highest BCUT2D eigenvalue weighted by atomic mass is 32.2. The Kier molecular flexibility index (Phi) is 6.92. The van der Waals surface area contributed by atoms with Gasteiger partial charge < -0.3 is 4.74 Å². The van der Waals surface area contributed by atoms with E-state index in [0.717, 1.165) is 17.8 Å². The Morgan fingerprint density at radius 2 is 1.79 bits per heavy atom. The fraction of sp³-hybridized carbons (Fsp3) is 0.600. The molecular formula is C20H30N4O4S. The van der Waals surface area contributed by atoms with Crippen LogP contribution in [0.5, 0.6) is 0 Å². The molecule has 1 saturated heterocycles. The van der Waals surface area contributed by atoms with Crippen molar-refractivity contribution < 1.29 is 13.2 Å². The average molecular weight is 423 g/mol. The number of sulfonamides is 1. The lowest BCUT2D eigenvalue weighted by atomic mass is 9.97. The first-order chi connectivity index (χ1) is 13.9. The molecule has 9 heteroatoms. The largest absolute Gasteiger partial charge is 0.383 e. The summed E-state index contributed by atoms with van der Waals surface area (Å²) in [5, 5.41) is 4.53. The first-order valence-electron chi connectivity index (χ1n) is 10.2. The van der Waals surface area contributed by atoms with E-state index in [-0.39, 0.29) is 11.6 Å². The number of methoxy groups -OCH3 is 1. The molecule has 29 heavy (non-hydrogen) atoms. The highest BCUT2D eigenvalue weighted by molar-refractivity contribution is 7.89. The standard InChI is InChI=1S/C20H30N4O4S/c1-4-16-6-8-18(9-7-16)29(26,27)22-12-10-17(11-13-22)19-21-24(14-15-28-3)20(25)23(19)5-2/h6-9,17H,4-5,10-15H2,1-3H3. The van der Waals surface area contributed by atoms with Gasteiger partial charge in [-0.05, 0) is 43.9 Å². The third-order valence-electron chi connectivity index (χ3n) is 5.56. The number of aromatic nitrogens is 3. The molecule has 0 amide bonds. The quantitative estimate of drug-likeness (QED) is 0.648. The zero-order valence-corrected chi connectivity index (χ0v) is 18.2. The molecule has 0 aliphatic carbocycles. The van der Waals surface area contributed by atoms with Gasteiger partial charge in [-0.1, -0.05) is 19.1 Å². The number of hydrogen-bond donors (Lipinski definition) is 0. The molecule has 0 bridgehead atoms. The molecule has 8 nitrogen and oxygen atoms in total. The van der Waals surface area contributed by atoms with Crippen molar-refractivity contribution in [3.8, 4) is 0 Å². The molecule has 0 spiro atoms. The van der Waals surface area contributed by atoms with Crippen molar-refractivity contribution in [1.29, 1.82) is 0 Å². The summed E-state index contributed by atoms with van der Waals surface area (Å²) in [5.74, 6) is 0.818. The topological polar surface area (TPSA) is 86.4 Å². The van der Waals surface area contributed by atoms with Crippen LogP contribution in [0.1, 0.15) is 44.0 Å². The summed E-state index contributed by atoms with van der Waals surface area (Å²) in [6, 6.07) is 7.11. The van der Waals surface area contributed by atoms with E-state index in [4.69, 9.17) is 4.74 Å². The predicted molar refractivity (Wildman–Crippen MR) is 111 cm³/mol. The molecule has 0 radical (unpaired) electrons. The summed E-state index contributed by atoms with van der Waals surface area (Å²) in [4.78, 5) is 12.9. The number of benzene rings is 1. The smallest absolute Gasteiger partial charge is 0.345 e. The average Bonchev–Trinajstić information content (AvgIpc) is 3.07. The maximum atomic E-state index is 13.0. The van der Waals surface area contributed by atoms with E-state index < -0.39 is 10.0 Å². The second-order valence-corrected chi connectivity index (χ2v) is 9.21. The van der Waals surface area contributed by atoms with E-state index in [1.54, 1.807) is 28.1 Å². The number of aryl methyl sites for hydroxylation is 1. The normalized spacial score (nSPS) is 16.4. The van der Waals surface area contributed by atoms with E-state index in [2.05, 4.69) is 5.10 Å². The maximum Gasteiger partial charge on any atom is 0.345 e. The SMILES string of the molecule is CCc1ccc(S(=O)(=O)N2CCC(c3nn(CCOC)c(=O)n3CC)CC2)cc1. The van der Waals surface area contributed by atoms with Crippen LogP contribution in [0.25, 0.3) is 0 Å². The second kappa shape index (κ2) is 9.23. The maximum absolute atomic E-state index is 13.0. The summed E-state index contributed by atoms with van der Waals surface area (Å²) in [6.45, 7) is 6.19. The fourth-order valence-corrected chi connectivity index (χ4v) is 5.25. The van der Waals surface area contributed by atoms with Crippen molar-refractivity contribution in [3.05, 3.63) is 46.1 Å². The first-order valence-corrected chi connectivity index (χ1v) is 11.6. The summed E-state index contributed by atoms with van der Waals surface area (Å²) < 4.78 is 35.7. The van der Waals surface area contributed by atoms with E-state index >= 15 is 0 Å². The minimum absolute atomic E-state index is 0.0698. The van der Waals surface area contributed by atoms with Crippen LogP contribution in [0.2, 0.25) is 0 Å². The Hall–Kier alpha value is -1.97. The highest BCUT2D eigenvalue weighted by Crippen LogP contribution is 2.29. The van der Waals surface area contributed by atoms with Crippen molar-refractivity contribution in [2.75, 3.05) is 26.8 Å². The van der Waals surface area contributed by atoms with Gasteiger partial charge in [0.05, 0.1) is 18.0 Å². The number of hydrogen-bond acceptors (Lipinski definition) is 5. The van der Waals surface area contributed by atoms with Gasteiger partial charge in [0.2, 0.25) is 10.0 Å². The Labute approximate surface area is 172 Å². The van der Waals surface area contributed by atoms with Gasteiger partial charge in [0.25, 0.3) is 0 Å². The van der Waals surface area contributed by atoms with Crippen LogP contribution in [-0.2, 0) is 34.3 Å². The monoisotopic (exact) mass is 422 g/mol. The summed E-state index contributed by atoms with van der Waals surface area (Å²) in [6.07, 6.45) is 2.17. The molecule has 3 rings (SSSR count). The lowest BCUT2D eigenvalue weighted by Gasteiger charge is -2.30. The number of piperidine rings is 1. The van der Waals surface area contributed by atoms with Crippen LogP contribution in [0, 0.1) is 0 Å². The molecule has 2 aromatic rings. The van der Waals surface area contributed by atoms with Crippen LogP contribution < -0.4 is 5.69 Å². The lowest BCUT2D eigenvalue weighted by molar-refractivity contribution is 0.182. The molecule has 0 N–H and O–H groups in total. The van der Waals surface area contributed by atoms with Gasteiger partial charge in [0, 0.05) is 32.7 Å². The Morgan fingerprint density at radius 1 is 1.14 bits per heavy atom. The van der Waals surface area contributed by atoms with Gasteiger partial charge in [0.1, 0.15) is 5.82 Å². The third kappa shape index (κ3) is 4.46. The minimum atomic E-state index is -3.50. The van der Waals surface area contributed by atoms with Gasteiger partial charge in [-0.15, -0.1) is 0 Å². The van der Waals surface area contributed by atoms with Crippen molar-refractivity contribution in [2.24, 2.45) is 0 Å².